The largest absolute Gasteiger partial charge is 0.108 e. The maximum Gasteiger partial charge on any atom is 0.105 e. The van der Waals surface area contributed by atoms with Gasteiger partial charge >= 0.3 is 0 Å². The van der Waals surface area contributed by atoms with E-state index in [1.165, 1.54) is 3.53 Å². The van der Waals surface area contributed by atoms with Gasteiger partial charge in [-0.1, -0.05) is 13.8 Å². The fourth-order valence-corrected chi connectivity index (χ4v) is 5.09. The molecule has 0 aliphatic carbocycles. The summed E-state index contributed by atoms with van der Waals surface area (Å²) in [6.45, 7) is 4.25. The summed E-state index contributed by atoms with van der Waals surface area (Å²) < 4.78 is 1.25. The second kappa shape index (κ2) is 6.91. The lowest BCUT2D eigenvalue weighted by Gasteiger charge is -1.97. The molecule has 0 aromatic heterocycles. The van der Waals surface area contributed by atoms with Crippen LogP contribution in [0, 0.1) is 0 Å². The first-order valence-corrected chi connectivity index (χ1v) is 7.98. The first-order valence-electron chi connectivity index (χ1n) is 2.94. The van der Waals surface area contributed by atoms with Crippen LogP contribution in [-0.4, -0.2) is 15.0 Å². The molecule has 0 heterocycles. The second-order valence-electron chi connectivity index (χ2n) is 1.35. The van der Waals surface area contributed by atoms with Gasteiger partial charge in [0.1, 0.15) is 3.53 Å². The fraction of sp³-hybridized carbons (Fsp3) is 0.800. The van der Waals surface area contributed by atoms with Crippen molar-refractivity contribution in [3.8, 4) is 0 Å². The van der Waals surface area contributed by atoms with Crippen molar-refractivity contribution in [1.82, 2.24) is 0 Å². The molecule has 10 heavy (non-hydrogen) atoms. The molecule has 0 spiro atoms. The van der Waals surface area contributed by atoms with Gasteiger partial charge in [-0.25, -0.2) is 0 Å². The van der Waals surface area contributed by atoms with Gasteiger partial charge in [-0.15, -0.1) is 23.5 Å². The summed E-state index contributed by atoms with van der Waals surface area (Å²) in [7, 11) is -0.344. The SMILES string of the molecule is CCSC(SCC)=S(=S)=S. The van der Waals surface area contributed by atoms with Crippen LogP contribution in [0.2, 0.25) is 0 Å². The van der Waals surface area contributed by atoms with Crippen molar-refractivity contribution in [2.45, 2.75) is 13.8 Å². The van der Waals surface area contributed by atoms with Gasteiger partial charge in [-0.05, 0) is 41.5 Å². The zero-order valence-corrected chi connectivity index (χ0v) is 10.0. The summed E-state index contributed by atoms with van der Waals surface area (Å²) in [5, 5.41) is 0. The highest BCUT2D eigenvalue weighted by atomic mass is 33.1. The third-order valence-corrected chi connectivity index (χ3v) is 6.66. The van der Waals surface area contributed by atoms with Crippen LogP contribution in [0.15, 0.2) is 0 Å². The molecule has 0 saturated heterocycles. The molecule has 0 fully saturated rings. The van der Waals surface area contributed by atoms with Crippen LogP contribution >= 0.6 is 23.5 Å². The Morgan fingerprint density at radius 3 is 1.80 bits per heavy atom. The van der Waals surface area contributed by atoms with Gasteiger partial charge in [0, 0.05) is 0 Å². The average Bonchev–Trinajstić information content (AvgIpc) is 1.87. The van der Waals surface area contributed by atoms with Gasteiger partial charge in [0.25, 0.3) is 0 Å². The Morgan fingerprint density at radius 1 is 1.20 bits per heavy atom. The second-order valence-corrected chi connectivity index (χ2v) is 8.19. The summed E-state index contributed by atoms with van der Waals surface area (Å²) in [6.07, 6.45) is 0. The third-order valence-electron chi connectivity index (χ3n) is 0.660. The van der Waals surface area contributed by atoms with E-state index in [0.29, 0.717) is 0 Å². The van der Waals surface area contributed by atoms with Gasteiger partial charge in [-0.3, -0.25) is 0 Å². The Labute approximate surface area is 82.0 Å². The minimum Gasteiger partial charge on any atom is -0.108 e. The minimum absolute atomic E-state index is 0.344. The Balaban J connectivity index is 4.14. The van der Waals surface area contributed by atoms with Crippen molar-refractivity contribution in [3.63, 3.8) is 0 Å². The van der Waals surface area contributed by atoms with Gasteiger partial charge in [0.15, 0.2) is 0 Å². The van der Waals surface area contributed by atoms with Gasteiger partial charge < -0.3 is 0 Å². The number of hydrogen-bond donors (Lipinski definition) is 0. The zero-order chi connectivity index (χ0) is 7.98. The molecule has 0 bridgehead atoms. The molecule has 5 heteroatoms. The summed E-state index contributed by atoms with van der Waals surface area (Å²) in [5.41, 5.74) is 0. The van der Waals surface area contributed by atoms with Gasteiger partial charge in [0.2, 0.25) is 0 Å². The van der Waals surface area contributed by atoms with Crippen LogP contribution in [0.1, 0.15) is 13.8 Å². The lowest BCUT2D eigenvalue weighted by atomic mass is 11.0. The summed E-state index contributed by atoms with van der Waals surface area (Å²) >= 11 is 13.6. The molecule has 0 radical (unpaired) electrons. The predicted octanol–water partition coefficient (Wildman–Crippen LogP) is 2.12. The first-order chi connectivity index (χ1) is 4.72. The van der Waals surface area contributed by atoms with Gasteiger partial charge in [0.05, 0.1) is 0 Å². The normalized spacial score (nSPS) is 9.40. The van der Waals surface area contributed by atoms with Crippen LogP contribution in [0.25, 0.3) is 0 Å². The molecule has 0 aliphatic rings. The molecular weight excluding hydrogens is 220 g/mol. The molecule has 0 nitrogen and oxygen atoms in total. The minimum atomic E-state index is -0.344. The maximum atomic E-state index is 5.00. The van der Waals surface area contributed by atoms with E-state index in [9.17, 15) is 0 Å². The summed E-state index contributed by atoms with van der Waals surface area (Å²) in [5.74, 6) is 2.16. The van der Waals surface area contributed by atoms with Crippen molar-refractivity contribution < 1.29 is 0 Å². The number of thioether (sulfide) groups is 2. The molecule has 0 atom stereocenters. The highest BCUT2D eigenvalue weighted by Crippen LogP contribution is 2.14. The highest BCUT2D eigenvalue weighted by Gasteiger charge is 1.94. The standard InChI is InChI=1S/C5H10S5/c1-3-8-5(9-4-2)10(6)7/h3-4H2,1-2H3. The van der Waals surface area contributed by atoms with E-state index in [1.807, 2.05) is 0 Å². The van der Waals surface area contributed by atoms with Gasteiger partial charge in [-0.2, -0.15) is 0 Å². The highest BCUT2D eigenvalue weighted by molar-refractivity contribution is 8.60. The van der Waals surface area contributed by atoms with Crippen molar-refractivity contribution >= 4 is 57.0 Å². The van der Waals surface area contributed by atoms with Crippen LogP contribution in [0.3, 0.4) is 0 Å². The topological polar surface area (TPSA) is 0 Å². The Hall–Kier alpha value is 1.23. The van der Waals surface area contributed by atoms with E-state index in [4.69, 9.17) is 22.4 Å². The van der Waals surface area contributed by atoms with Crippen LogP contribution in [0.5, 0.6) is 0 Å². The number of hydrogen-bond acceptors (Lipinski definition) is 4. The van der Waals surface area contributed by atoms with E-state index in [-0.39, 0.29) is 7.60 Å². The Kier molecular flexibility index (Phi) is 7.76. The quantitative estimate of drug-likeness (QED) is 0.666. The summed E-state index contributed by atoms with van der Waals surface area (Å²) in [4.78, 5) is 0. The van der Waals surface area contributed by atoms with Crippen molar-refractivity contribution in [2.24, 2.45) is 0 Å². The molecule has 0 N–H and O–H groups in total. The van der Waals surface area contributed by atoms with Crippen molar-refractivity contribution in [3.05, 3.63) is 0 Å². The van der Waals surface area contributed by atoms with E-state index < -0.39 is 0 Å². The molecule has 0 saturated carbocycles. The first kappa shape index (κ1) is 11.2. The molecule has 0 aromatic rings. The van der Waals surface area contributed by atoms with Crippen molar-refractivity contribution in [1.29, 1.82) is 0 Å². The molecule has 60 valence electrons. The average molecular weight is 230 g/mol. The molecule has 0 unspecified atom stereocenters. The monoisotopic (exact) mass is 230 g/mol. The maximum absolute atomic E-state index is 5.00. The molecule has 0 aliphatic heterocycles. The Bertz CT molecular complexity index is 184. The molecular formula is C5H10S5. The van der Waals surface area contributed by atoms with E-state index in [2.05, 4.69) is 13.8 Å². The molecule has 0 amide bonds. The van der Waals surface area contributed by atoms with Crippen molar-refractivity contribution in [2.75, 3.05) is 11.5 Å². The Morgan fingerprint density at radius 2 is 1.60 bits per heavy atom. The summed E-state index contributed by atoms with van der Waals surface area (Å²) in [6, 6.07) is 0. The molecule has 0 aromatic carbocycles. The smallest absolute Gasteiger partial charge is 0.105 e. The fourth-order valence-electron chi connectivity index (χ4n) is 0.374. The van der Waals surface area contributed by atoms with Crippen LogP contribution < -0.4 is 0 Å². The van der Waals surface area contributed by atoms with E-state index in [1.54, 1.807) is 23.5 Å². The predicted molar refractivity (Wildman–Crippen MR) is 63.4 cm³/mol. The lowest BCUT2D eigenvalue weighted by Crippen LogP contribution is -1.86. The lowest BCUT2D eigenvalue weighted by molar-refractivity contribution is 1.54. The zero-order valence-electron chi connectivity index (χ0n) is 5.96. The third kappa shape index (κ3) is 4.96. The van der Waals surface area contributed by atoms with E-state index >= 15 is 0 Å². The van der Waals surface area contributed by atoms with Crippen LogP contribution in [0.4, 0.5) is 0 Å². The molecule has 0 rings (SSSR count). The van der Waals surface area contributed by atoms with Crippen LogP contribution in [-0.2, 0) is 30.0 Å². The van der Waals surface area contributed by atoms with E-state index in [0.717, 1.165) is 11.5 Å². The number of rotatable bonds is 2.